The van der Waals surface area contributed by atoms with E-state index >= 15 is 0 Å². The molecule has 5 heterocycles. The Bertz CT molecular complexity index is 1750. The van der Waals surface area contributed by atoms with Gasteiger partial charge in [-0.05, 0) is 48.8 Å². The van der Waals surface area contributed by atoms with Gasteiger partial charge in [-0.25, -0.2) is 14.8 Å². The van der Waals surface area contributed by atoms with Gasteiger partial charge in [0.25, 0.3) is 0 Å². The maximum Gasteiger partial charge on any atom is 0.439 e. The number of rotatable bonds is 6. The molecule has 0 bridgehead atoms. The molecule has 11 heteroatoms. The number of pyridine rings is 1. The molecule has 1 aliphatic heterocycles. The number of aryl methyl sites for hydroxylation is 1. The van der Waals surface area contributed by atoms with Crippen LogP contribution in [0.3, 0.4) is 0 Å². The molecule has 2 fully saturated rings. The number of anilines is 1. The summed E-state index contributed by atoms with van der Waals surface area (Å²) in [7, 11) is 0. The van der Waals surface area contributed by atoms with Gasteiger partial charge in [0.15, 0.2) is 5.65 Å². The SMILES string of the molecule is Cc1cncc(-c2nc(-c3noc(=O)[nH]3)nc3nc(N4CCOC[C@H]4c4ccccc4)n(CC4CCC(C)CC4)c23)c1. The molecule has 0 amide bonds. The predicted octanol–water partition coefficient (Wildman–Crippen LogP) is 4.94. The van der Waals surface area contributed by atoms with E-state index in [1.54, 1.807) is 0 Å². The lowest BCUT2D eigenvalue weighted by Crippen LogP contribution is -2.41. The first-order valence-corrected chi connectivity index (χ1v) is 14.7. The van der Waals surface area contributed by atoms with Crippen molar-refractivity contribution in [2.24, 2.45) is 11.8 Å². The zero-order chi connectivity index (χ0) is 28.6. The molecule has 7 rings (SSSR count). The van der Waals surface area contributed by atoms with Gasteiger partial charge in [0.2, 0.25) is 17.6 Å². The van der Waals surface area contributed by atoms with Crippen molar-refractivity contribution in [1.29, 1.82) is 0 Å². The molecule has 0 spiro atoms. The Morgan fingerprint density at radius 2 is 1.88 bits per heavy atom. The summed E-state index contributed by atoms with van der Waals surface area (Å²) in [4.78, 5) is 36.2. The quantitative estimate of drug-likeness (QED) is 0.304. The molecule has 42 heavy (non-hydrogen) atoms. The highest BCUT2D eigenvalue weighted by molar-refractivity contribution is 5.90. The Morgan fingerprint density at radius 3 is 2.64 bits per heavy atom. The van der Waals surface area contributed by atoms with Crippen LogP contribution in [0.15, 0.2) is 58.1 Å². The lowest BCUT2D eigenvalue weighted by atomic mass is 9.83. The first kappa shape index (κ1) is 26.5. The van der Waals surface area contributed by atoms with Crippen LogP contribution in [-0.4, -0.2) is 54.4 Å². The Hall–Kier alpha value is -4.38. The molecule has 1 atom stereocenters. The molecule has 2 aliphatic rings. The number of hydrogen-bond donors (Lipinski definition) is 1. The summed E-state index contributed by atoms with van der Waals surface area (Å²) in [5, 5.41) is 3.87. The van der Waals surface area contributed by atoms with Crippen molar-refractivity contribution in [2.75, 3.05) is 24.7 Å². The van der Waals surface area contributed by atoms with Crippen molar-refractivity contribution < 1.29 is 9.26 Å². The van der Waals surface area contributed by atoms with Crippen molar-refractivity contribution in [1.82, 2.24) is 34.6 Å². The van der Waals surface area contributed by atoms with Crippen LogP contribution in [-0.2, 0) is 11.3 Å². The summed E-state index contributed by atoms with van der Waals surface area (Å²) in [5.41, 5.74) is 5.13. The van der Waals surface area contributed by atoms with Crippen molar-refractivity contribution >= 4 is 17.1 Å². The van der Waals surface area contributed by atoms with Crippen LogP contribution in [0, 0.1) is 18.8 Å². The number of benzene rings is 1. The second-order valence-corrected chi connectivity index (χ2v) is 11.6. The highest BCUT2D eigenvalue weighted by Crippen LogP contribution is 2.38. The van der Waals surface area contributed by atoms with Crippen molar-refractivity contribution in [3.05, 3.63) is 70.5 Å². The van der Waals surface area contributed by atoms with E-state index in [4.69, 9.17) is 24.2 Å². The molecular weight excluding hydrogens is 532 g/mol. The van der Waals surface area contributed by atoms with Crippen LogP contribution < -0.4 is 10.7 Å². The van der Waals surface area contributed by atoms with Crippen LogP contribution in [0.2, 0.25) is 0 Å². The van der Waals surface area contributed by atoms with Gasteiger partial charge in [0.05, 0.1) is 19.3 Å². The summed E-state index contributed by atoms with van der Waals surface area (Å²) in [5.74, 6) is 1.87. The molecule has 4 aromatic heterocycles. The largest absolute Gasteiger partial charge is 0.439 e. The molecule has 0 radical (unpaired) electrons. The van der Waals surface area contributed by atoms with E-state index in [2.05, 4.69) is 61.8 Å². The number of ether oxygens (including phenoxy) is 1. The molecule has 1 aliphatic carbocycles. The Balaban J connectivity index is 1.45. The lowest BCUT2D eigenvalue weighted by Gasteiger charge is -2.37. The topological polar surface area (TPSA) is 128 Å². The van der Waals surface area contributed by atoms with Gasteiger partial charge in [0, 0.05) is 31.0 Å². The number of imidazole rings is 1. The lowest BCUT2D eigenvalue weighted by molar-refractivity contribution is 0.0927. The summed E-state index contributed by atoms with van der Waals surface area (Å²) >= 11 is 0. The van der Waals surface area contributed by atoms with Gasteiger partial charge in [-0.2, -0.15) is 4.98 Å². The van der Waals surface area contributed by atoms with E-state index in [-0.39, 0.29) is 17.7 Å². The van der Waals surface area contributed by atoms with Crippen LogP contribution in [0.1, 0.15) is 49.8 Å². The average molecular weight is 567 g/mol. The van der Waals surface area contributed by atoms with E-state index < -0.39 is 5.76 Å². The number of aromatic amines is 1. The van der Waals surface area contributed by atoms with E-state index in [9.17, 15) is 4.79 Å². The first-order valence-electron chi connectivity index (χ1n) is 14.7. The molecular formula is C31H34N8O3. The Kier molecular flexibility index (Phi) is 7.02. The third-order valence-corrected chi connectivity index (χ3v) is 8.53. The second kappa shape index (κ2) is 11.1. The minimum absolute atomic E-state index is 0.00491. The smallest absolute Gasteiger partial charge is 0.377 e. The standard InChI is InChI=1S/C31H34N8O3/c1-19-8-10-21(11-9-19)17-39-26-25(23-14-20(2)15-32-16-23)33-28(29-36-31(40)42-37-29)34-27(26)35-30(39)38-12-13-41-18-24(38)22-6-4-3-5-7-22/h3-7,14-16,19,21,24H,8-13,17-18H2,1-2H3,(H,36,37,40)/t19?,21?,24-/m0/s1. The van der Waals surface area contributed by atoms with Gasteiger partial charge in [-0.1, -0.05) is 55.3 Å². The number of aromatic nitrogens is 7. The minimum atomic E-state index is -0.663. The molecule has 216 valence electrons. The Morgan fingerprint density at radius 1 is 1.05 bits per heavy atom. The van der Waals surface area contributed by atoms with Gasteiger partial charge >= 0.3 is 5.76 Å². The Labute approximate surface area is 243 Å². The number of morpholine rings is 1. The van der Waals surface area contributed by atoms with Crippen molar-refractivity contribution in [3.63, 3.8) is 0 Å². The van der Waals surface area contributed by atoms with Crippen LogP contribution in [0.25, 0.3) is 34.1 Å². The summed E-state index contributed by atoms with van der Waals surface area (Å²) in [6.07, 6.45) is 8.43. The van der Waals surface area contributed by atoms with Crippen LogP contribution in [0.4, 0.5) is 5.95 Å². The molecule has 1 N–H and O–H groups in total. The summed E-state index contributed by atoms with van der Waals surface area (Å²) in [6.45, 7) is 7.04. The van der Waals surface area contributed by atoms with Crippen LogP contribution >= 0.6 is 0 Å². The first-order chi connectivity index (χ1) is 20.5. The van der Waals surface area contributed by atoms with E-state index in [1.807, 2.05) is 25.4 Å². The monoisotopic (exact) mass is 566 g/mol. The summed E-state index contributed by atoms with van der Waals surface area (Å²) in [6, 6.07) is 12.5. The predicted molar refractivity (Wildman–Crippen MR) is 158 cm³/mol. The van der Waals surface area contributed by atoms with E-state index in [0.29, 0.717) is 37.0 Å². The third kappa shape index (κ3) is 5.09. The highest BCUT2D eigenvalue weighted by atomic mass is 16.5. The molecule has 1 aromatic carbocycles. The fraction of sp³-hybridized carbons (Fsp3) is 0.419. The number of H-pyrrole nitrogens is 1. The van der Waals surface area contributed by atoms with Gasteiger partial charge in [0.1, 0.15) is 11.2 Å². The molecule has 0 unspecified atom stereocenters. The zero-order valence-corrected chi connectivity index (χ0v) is 23.9. The average Bonchev–Trinajstić information content (AvgIpc) is 3.62. The zero-order valence-electron chi connectivity index (χ0n) is 23.9. The molecule has 1 saturated heterocycles. The number of nitrogens with one attached hydrogen (secondary N) is 1. The fourth-order valence-corrected chi connectivity index (χ4v) is 6.30. The number of nitrogens with zero attached hydrogens (tertiary/aromatic N) is 7. The molecule has 5 aromatic rings. The van der Waals surface area contributed by atoms with Gasteiger partial charge in [-0.15, -0.1) is 0 Å². The van der Waals surface area contributed by atoms with Crippen molar-refractivity contribution in [3.8, 4) is 22.9 Å². The maximum absolute atomic E-state index is 11.8. The van der Waals surface area contributed by atoms with Crippen LogP contribution in [0.5, 0.6) is 0 Å². The van der Waals surface area contributed by atoms with E-state index in [0.717, 1.165) is 35.1 Å². The number of hydrogen-bond acceptors (Lipinski definition) is 9. The maximum atomic E-state index is 11.8. The van der Waals surface area contributed by atoms with E-state index in [1.165, 1.54) is 31.2 Å². The van der Waals surface area contributed by atoms with Gasteiger partial charge in [-0.3, -0.25) is 14.5 Å². The fourth-order valence-electron chi connectivity index (χ4n) is 6.30. The second-order valence-electron chi connectivity index (χ2n) is 11.6. The summed E-state index contributed by atoms with van der Waals surface area (Å²) < 4.78 is 13.1. The van der Waals surface area contributed by atoms with Crippen molar-refractivity contribution in [2.45, 2.75) is 52.1 Å². The normalized spacial score (nSPS) is 21.2. The molecule has 11 nitrogen and oxygen atoms in total. The highest BCUT2D eigenvalue weighted by Gasteiger charge is 2.32. The minimum Gasteiger partial charge on any atom is -0.377 e. The third-order valence-electron chi connectivity index (χ3n) is 8.53. The van der Waals surface area contributed by atoms with Gasteiger partial charge < -0.3 is 14.2 Å². The number of fused-ring (bicyclic) bond motifs is 1. The molecule has 1 saturated carbocycles.